The van der Waals surface area contributed by atoms with Crippen LogP contribution in [0.3, 0.4) is 0 Å². The van der Waals surface area contributed by atoms with E-state index in [1.54, 1.807) is 0 Å². The van der Waals surface area contributed by atoms with Crippen LogP contribution in [0, 0.1) is 41.4 Å². The summed E-state index contributed by atoms with van der Waals surface area (Å²) in [6.45, 7) is 5.35. The van der Waals surface area contributed by atoms with Crippen LogP contribution < -0.4 is 0 Å². The minimum atomic E-state index is -1.22. The van der Waals surface area contributed by atoms with Gasteiger partial charge >= 0.3 is 5.97 Å². The maximum atomic E-state index is 15.5. The number of carboxylic acid groups (broad SMARTS) is 1. The van der Waals surface area contributed by atoms with Gasteiger partial charge in [0.05, 0.1) is 12.0 Å². The van der Waals surface area contributed by atoms with E-state index in [-0.39, 0.29) is 50.0 Å². The number of ketones is 1. The maximum absolute atomic E-state index is 15.5. The average molecular weight is 563 g/mol. The Balaban J connectivity index is 1.76. The Morgan fingerprint density at radius 1 is 1.02 bits per heavy atom. The summed E-state index contributed by atoms with van der Waals surface area (Å²) in [5, 5.41) is 8.85. The molecule has 0 amide bonds. The number of carboxylic acids is 1. The van der Waals surface area contributed by atoms with Gasteiger partial charge in [0.25, 0.3) is 0 Å². The smallest absolute Gasteiger partial charge is 0.303 e. The quantitative estimate of drug-likeness (QED) is 0.223. The topological polar surface area (TPSA) is 91.3 Å². The van der Waals surface area contributed by atoms with E-state index in [0.29, 0.717) is 32.5 Å². The van der Waals surface area contributed by atoms with Crippen LogP contribution in [0.25, 0.3) is 0 Å². The second-order valence-electron chi connectivity index (χ2n) is 11.3. The molecule has 1 aliphatic carbocycles. The van der Waals surface area contributed by atoms with Gasteiger partial charge in [0.2, 0.25) is 0 Å². The van der Waals surface area contributed by atoms with Gasteiger partial charge in [0.1, 0.15) is 18.1 Å². The summed E-state index contributed by atoms with van der Waals surface area (Å²) in [6.07, 6.45) is 5.60. The molecule has 40 heavy (non-hydrogen) atoms. The van der Waals surface area contributed by atoms with E-state index in [2.05, 4.69) is 30.6 Å². The monoisotopic (exact) mass is 562 g/mol. The molecular formula is C32H47FO7. The maximum Gasteiger partial charge on any atom is 0.303 e. The number of Topliss-reactive ketones (excluding diaryl/α,β-unsaturated/α-hetero) is 1. The Morgan fingerprint density at radius 2 is 1.73 bits per heavy atom. The van der Waals surface area contributed by atoms with Crippen molar-refractivity contribution in [1.82, 2.24) is 0 Å². The summed E-state index contributed by atoms with van der Waals surface area (Å²) in [6, 6.07) is 0. The summed E-state index contributed by atoms with van der Waals surface area (Å²) in [4.78, 5) is 23.6. The molecule has 3 rings (SSSR count). The number of unbranched alkanes of at least 4 members (excludes halogenated alkanes) is 1. The predicted octanol–water partition coefficient (Wildman–Crippen LogP) is 5.83. The molecular weight excluding hydrogens is 515 g/mol. The van der Waals surface area contributed by atoms with Crippen LogP contribution in [-0.4, -0.2) is 61.0 Å². The van der Waals surface area contributed by atoms with Crippen molar-refractivity contribution in [3.8, 4) is 23.7 Å². The zero-order chi connectivity index (χ0) is 28.7. The molecule has 0 aromatic heterocycles. The highest BCUT2D eigenvalue weighted by atomic mass is 19.1. The van der Waals surface area contributed by atoms with Crippen molar-refractivity contribution in [2.24, 2.45) is 17.8 Å². The Bertz CT molecular complexity index is 904. The lowest BCUT2D eigenvalue weighted by molar-refractivity contribution is -0.192. The van der Waals surface area contributed by atoms with Crippen molar-refractivity contribution in [1.29, 1.82) is 0 Å². The highest BCUT2D eigenvalue weighted by Gasteiger charge is 2.45. The molecule has 0 radical (unpaired) electrons. The fourth-order valence-corrected chi connectivity index (χ4v) is 5.55. The average Bonchev–Trinajstić information content (AvgIpc) is 3.23. The standard InChI is InChI=1S/C32H47FO7/c1-3-4-5-12-23(2)28(39-31-15-8-10-19-37-31)18-17-25-26(21-24(34)13-6-7-14-30(35)36)27(33)22-29(25)40-32-16-9-11-20-38-32/h23,25-29,31-32H,3,6-16,19-22H2,1-2H3,(H,35,36)/t23-,25+,26+,27+,28+,29+,31?,32?/m0/s1. The highest BCUT2D eigenvalue weighted by Crippen LogP contribution is 2.40. The molecule has 2 aliphatic heterocycles. The fraction of sp³-hybridized carbons (Fsp3) is 0.812. The lowest BCUT2D eigenvalue weighted by Gasteiger charge is -2.29. The van der Waals surface area contributed by atoms with Gasteiger partial charge in [-0.2, -0.15) is 0 Å². The van der Waals surface area contributed by atoms with Crippen LogP contribution in [0.5, 0.6) is 0 Å². The lowest BCUT2D eigenvalue weighted by Crippen LogP contribution is -2.32. The van der Waals surface area contributed by atoms with Gasteiger partial charge in [0, 0.05) is 63.6 Å². The first-order chi connectivity index (χ1) is 19.4. The Morgan fingerprint density at radius 3 is 2.38 bits per heavy atom. The SMILES string of the molecule is CCC#CC[C@H](C)[C@@H](C#C[C@@H]1[C@@H](CC(=O)CCCCC(=O)O)[C@H](F)C[C@H]1OC1CCCCO1)OC1CCCCO1. The van der Waals surface area contributed by atoms with Gasteiger partial charge < -0.3 is 24.1 Å². The molecule has 1 N–H and O–H groups in total. The Hall–Kier alpha value is -1.97. The number of hydrogen-bond acceptors (Lipinski definition) is 6. The molecule has 2 unspecified atom stereocenters. The van der Waals surface area contributed by atoms with Crippen LogP contribution in [-0.2, 0) is 28.5 Å². The zero-order valence-corrected chi connectivity index (χ0v) is 24.2. The molecule has 0 bridgehead atoms. The van der Waals surface area contributed by atoms with Crippen LogP contribution in [0.2, 0.25) is 0 Å². The molecule has 224 valence electrons. The minimum Gasteiger partial charge on any atom is -0.481 e. The number of hydrogen-bond donors (Lipinski definition) is 1. The Kier molecular flexibility index (Phi) is 14.4. The van der Waals surface area contributed by atoms with E-state index in [1.807, 2.05) is 6.92 Å². The third kappa shape index (κ3) is 11.1. The number of aliphatic carboxylic acids is 1. The van der Waals surface area contributed by atoms with Crippen LogP contribution >= 0.6 is 0 Å². The van der Waals surface area contributed by atoms with E-state index in [1.165, 1.54) is 0 Å². The van der Waals surface area contributed by atoms with Gasteiger partial charge in [-0.3, -0.25) is 9.59 Å². The van der Waals surface area contributed by atoms with Gasteiger partial charge in [-0.15, -0.1) is 11.8 Å². The molecule has 0 aromatic rings. The molecule has 8 atom stereocenters. The molecule has 8 heteroatoms. The third-order valence-corrected chi connectivity index (χ3v) is 7.88. The van der Waals surface area contributed by atoms with Crippen LogP contribution in [0.1, 0.15) is 104 Å². The van der Waals surface area contributed by atoms with E-state index in [9.17, 15) is 9.59 Å². The first kappa shape index (κ1) is 32.5. The van der Waals surface area contributed by atoms with Crippen LogP contribution in [0.15, 0.2) is 0 Å². The van der Waals surface area contributed by atoms with E-state index in [4.69, 9.17) is 24.1 Å². The van der Waals surface area contributed by atoms with E-state index < -0.39 is 36.2 Å². The van der Waals surface area contributed by atoms with Crippen molar-refractivity contribution in [3.63, 3.8) is 0 Å². The van der Waals surface area contributed by atoms with Crippen molar-refractivity contribution in [2.45, 2.75) is 135 Å². The number of ether oxygens (including phenoxy) is 4. The van der Waals surface area contributed by atoms with Gasteiger partial charge in [0.15, 0.2) is 12.6 Å². The summed E-state index contributed by atoms with van der Waals surface area (Å²) in [5.41, 5.74) is 0. The van der Waals surface area contributed by atoms with Crippen molar-refractivity contribution in [2.75, 3.05) is 13.2 Å². The second kappa shape index (κ2) is 17.8. The number of carbonyl (C=O) groups excluding carboxylic acids is 1. The molecule has 0 aromatic carbocycles. The lowest BCUT2D eigenvalue weighted by atomic mass is 9.88. The first-order valence-electron chi connectivity index (χ1n) is 15.3. The first-order valence-corrected chi connectivity index (χ1v) is 15.3. The van der Waals surface area contributed by atoms with Gasteiger partial charge in [-0.25, -0.2) is 4.39 Å². The summed E-state index contributed by atoms with van der Waals surface area (Å²) in [5.74, 6) is 11.0. The second-order valence-corrected chi connectivity index (χ2v) is 11.3. The Labute approximate surface area is 239 Å². The molecule has 3 aliphatic rings. The van der Waals surface area contributed by atoms with Crippen molar-refractivity contribution in [3.05, 3.63) is 0 Å². The molecule has 2 heterocycles. The van der Waals surface area contributed by atoms with Crippen molar-refractivity contribution < 1.29 is 38.0 Å². The fourth-order valence-electron chi connectivity index (χ4n) is 5.55. The van der Waals surface area contributed by atoms with Crippen LogP contribution in [0.4, 0.5) is 4.39 Å². The third-order valence-electron chi connectivity index (χ3n) is 7.88. The van der Waals surface area contributed by atoms with Crippen molar-refractivity contribution >= 4 is 11.8 Å². The number of halogens is 1. The van der Waals surface area contributed by atoms with Gasteiger partial charge in [-0.1, -0.05) is 25.7 Å². The molecule has 1 saturated carbocycles. The van der Waals surface area contributed by atoms with E-state index in [0.717, 1.165) is 44.9 Å². The molecule has 2 saturated heterocycles. The molecule has 0 spiro atoms. The summed E-state index contributed by atoms with van der Waals surface area (Å²) < 4.78 is 39.7. The molecule has 7 nitrogen and oxygen atoms in total. The number of alkyl halides is 1. The molecule has 3 fully saturated rings. The highest BCUT2D eigenvalue weighted by molar-refractivity contribution is 5.79. The van der Waals surface area contributed by atoms with Gasteiger partial charge in [-0.05, 0) is 51.4 Å². The van der Waals surface area contributed by atoms with E-state index >= 15 is 4.39 Å². The number of carbonyl (C=O) groups is 2. The summed E-state index contributed by atoms with van der Waals surface area (Å²) >= 11 is 0. The number of rotatable bonds is 13. The minimum absolute atomic E-state index is 0.0232. The zero-order valence-electron chi connectivity index (χ0n) is 24.2. The summed E-state index contributed by atoms with van der Waals surface area (Å²) in [7, 11) is 0. The normalized spacial score (nSPS) is 29.9. The largest absolute Gasteiger partial charge is 0.481 e. The predicted molar refractivity (Wildman–Crippen MR) is 149 cm³/mol.